The first-order valence-corrected chi connectivity index (χ1v) is 4.82. The highest BCUT2D eigenvalue weighted by molar-refractivity contribution is 5.66. The summed E-state index contributed by atoms with van der Waals surface area (Å²) in [6, 6.07) is -0.0475. The number of hydrogen-bond donors (Lipinski definition) is 2. The summed E-state index contributed by atoms with van der Waals surface area (Å²) in [5.74, 6) is 0. The molecule has 76 valence electrons. The van der Waals surface area contributed by atoms with Crippen LogP contribution in [0.5, 0.6) is 0 Å². The van der Waals surface area contributed by atoms with Gasteiger partial charge in [0, 0.05) is 6.04 Å². The van der Waals surface area contributed by atoms with Gasteiger partial charge in [-0.1, -0.05) is 13.3 Å². The quantitative estimate of drug-likeness (QED) is 0.699. The van der Waals surface area contributed by atoms with E-state index in [0.29, 0.717) is 0 Å². The van der Waals surface area contributed by atoms with Gasteiger partial charge in [0.15, 0.2) is 0 Å². The third kappa shape index (κ3) is 2.12. The molecule has 0 aromatic carbocycles. The second kappa shape index (κ2) is 4.46. The second-order valence-electron chi connectivity index (χ2n) is 3.55. The maximum absolute atomic E-state index is 10.9. The fourth-order valence-electron chi connectivity index (χ4n) is 2.07. The smallest absolute Gasteiger partial charge is 0.407 e. The Hall–Kier alpha value is -0.770. The monoisotopic (exact) mass is 187 g/mol. The summed E-state index contributed by atoms with van der Waals surface area (Å²) >= 11 is 0. The van der Waals surface area contributed by atoms with E-state index in [1.807, 2.05) is 6.92 Å². The summed E-state index contributed by atoms with van der Waals surface area (Å²) < 4.78 is 0. The normalized spacial score (nSPS) is 28.0. The van der Waals surface area contributed by atoms with E-state index in [1.165, 1.54) is 4.90 Å². The van der Waals surface area contributed by atoms with Crippen molar-refractivity contribution in [2.24, 2.45) is 0 Å². The van der Waals surface area contributed by atoms with E-state index in [0.717, 1.165) is 25.7 Å². The fraction of sp³-hybridized carbons (Fsp3) is 0.889. The molecule has 0 aromatic heterocycles. The van der Waals surface area contributed by atoms with E-state index >= 15 is 0 Å². The molecule has 1 amide bonds. The van der Waals surface area contributed by atoms with Crippen LogP contribution in [-0.4, -0.2) is 39.9 Å². The lowest BCUT2D eigenvalue weighted by Gasteiger charge is -2.26. The third-order valence-corrected chi connectivity index (χ3v) is 2.67. The van der Waals surface area contributed by atoms with Crippen molar-refractivity contribution in [3.8, 4) is 0 Å². The van der Waals surface area contributed by atoms with Crippen molar-refractivity contribution in [1.29, 1.82) is 0 Å². The Balaban J connectivity index is 2.61. The van der Waals surface area contributed by atoms with Crippen LogP contribution < -0.4 is 0 Å². The topological polar surface area (TPSA) is 60.8 Å². The zero-order valence-corrected chi connectivity index (χ0v) is 7.94. The first-order valence-electron chi connectivity index (χ1n) is 4.82. The number of likely N-dealkylation sites (tertiary alicyclic amines) is 1. The summed E-state index contributed by atoms with van der Waals surface area (Å²) in [5.41, 5.74) is 0. The molecule has 0 unspecified atom stereocenters. The Morgan fingerprint density at radius 2 is 2.08 bits per heavy atom. The molecule has 0 spiro atoms. The van der Waals surface area contributed by atoms with Crippen LogP contribution in [0.3, 0.4) is 0 Å². The number of nitrogens with zero attached hydrogens (tertiary/aromatic N) is 1. The van der Waals surface area contributed by atoms with Gasteiger partial charge in [0.2, 0.25) is 0 Å². The molecule has 0 saturated carbocycles. The van der Waals surface area contributed by atoms with Crippen LogP contribution in [0.1, 0.15) is 32.6 Å². The lowest BCUT2D eigenvalue weighted by Crippen LogP contribution is -2.41. The predicted molar refractivity (Wildman–Crippen MR) is 48.7 cm³/mol. The van der Waals surface area contributed by atoms with Crippen molar-refractivity contribution >= 4 is 6.09 Å². The molecule has 1 aliphatic heterocycles. The van der Waals surface area contributed by atoms with Gasteiger partial charge in [-0.25, -0.2) is 4.79 Å². The zero-order valence-electron chi connectivity index (χ0n) is 7.94. The van der Waals surface area contributed by atoms with E-state index in [2.05, 4.69) is 0 Å². The van der Waals surface area contributed by atoms with Gasteiger partial charge >= 0.3 is 6.09 Å². The highest BCUT2D eigenvalue weighted by Gasteiger charge is 2.35. The largest absolute Gasteiger partial charge is 0.465 e. The average Bonchev–Trinajstić information content (AvgIpc) is 2.48. The number of aliphatic hydroxyl groups excluding tert-OH is 1. The number of aliphatic hydroxyl groups is 1. The van der Waals surface area contributed by atoms with Crippen LogP contribution in [0.25, 0.3) is 0 Å². The minimum Gasteiger partial charge on any atom is -0.465 e. The molecule has 2 atom stereocenters. The van der Waals surface area contributed by atoms with Crippen molar-refractivity contribution < 1.29 is 15.0 Å². The molecule has 0 radical (unpaired) electrons. The van der Waals surface area contributed by atoms with Crippen LogP contribution in [0.15, 0.2) is 0 Å². The molecule has 1 heterocycles. The molecule has 0 aliphatic carbocycles. The van der Waals surface area contributed by atoms with E-state index in [-0.39, 0.29) is 18.7 Å². The predicted octanol–water partition coefficient (Wildman–Crippen LogP) is 1.29. The molecule has 1 rings (SSSR count). The van der Waals surface area contributed by atoms with Crippen LogP contribution in [-0.2, 0) is 0 Å². The van der Waals surface area contributed by atoms with Gasteiger partial charge in [-0.2, -0.15) is 0 Å². The summed E-state index contributed by atoms with van der Waals surface area (Å²) in [4.78, 5) is 12.3. The lowest BCUT2D eigenvalue weighted by molar-refractivity contribution is 0.0978. The van der Waals surface area contributed by atoms with E-state index in [1.54, 1.807) is 0 Å². The van der Waals surface area contributed by atoms with Crippen molar-refractivity contribution in [2.45, 2.75) is 44.7 Å². The van der Waals surface area contributed by atoms with Crippen molar-refractivity contribution in [2.75, 3.05) is 6.61 Å². The number of rotatable bonds is 3. The minimum absolute atomic E-state index is 0.0491. The maximum Gasteiger partial charge on any atom is 0.407 e. The summed E-state index contributed by atoms with van der Waals surface area (Å²) in [5, 5.41) is 17.9. The van der Waals surface area contributed by atoms with E-state index in [9.17, 15) is 4.79 Å². The minimum atomic E-state index is -0.894. The van der Waals surface area contributed by atoms with Gasteiger partial charge in [-0.05, 0) is 19.3 Å². The van der Waals surface area contributed by atoms with Crippen molar-refractivity contribution in [3.05, 3.63) is 0 Å². The number of hydrogen-bond acceptors (Lipinski definition) is 2. The third-order valence-electron chi connectivity index (χ3n) is 2.67. The molecule has 13 heavy (non-hydrogen) atoms. The lowest BCUT2D eigenvalue weighted by atomic mass is 10.1. The van der Waals surface area contributed by atoms with Gasteiger partial charge < -0.3 is 15.1 Å². The molecule has 0 aromatic rings. The van der Waals surface area contributed by atoms with Crippen LogP contribution in [0.2, 0.25) is 0 Å². The first kappa shape index (κ1) is 10.3. The SMILES string of the molecule is CCC[C@@H]1CC[C@H](CO)N1C(=O)O. The molecule has 4 nitrogen and oxygen atoms in total. The molecule has 1 saturated heterocycles. The Bertz CT molecular complexity index is 184. The van der Waals surface area contributed by atoms with Crippen molar-refractivity contribution in [1.82, 2.24) is 4.90 Å². The van der Waals surface area contributed by atoms with Gasteiger partial charge in [0.25, 0.3) is 0 Å². The van der Waals surface area contributed by atoms with Gasteiger partial charge in [0.05, 0.1) is 12.6 Å². The molecular weight excluding hydrogens is 170 g/mol. The maximum atomic E-state index is 10.9. The number of amides is 1. The molecule has 4 heteroatoms. The average molecular weight is 187 g/mol. The highest BCUT2D eigenvalue weighted by Crippen LogP contribution is 2.26. The second-order valence-corrected chi connectivity index (χ2v) is 3.55. The van der Waals surface area contributed by atoms with Crippen molar-refractivity contribution in [3.63, 3.8) is 0 Å². The van der Waals surface area contributed by atoms with E-state index < -0.39 is 6.09 Å². The summed E-state index contributed by atoms with van der Waals surface area (Å²) in [6.45, 7) is 2.00. The highest BCUT2D eigenvalue weighted by atomic mass is 16.4. The fourth-order valence-corrected chi connectivity index (χ4v) is 2.07. The van der Waals surface area contributed by atoms with Gasteiger partial charge in [0.1, 0.15) is 0 Å². The first-order chi connectivity index (χ1) is 6.20. The number of carboxylic acid groups (broad SMARTS) is 1. The Morgan fingerprint density at radius 1 is 1.46 bits per heavy atom. The van der Waals surface area contributed by atoms with E-state index in [4.69, 9.17) is 10.2 Å². The van der Waals surface area contributed by atoms with Gasteiger partial charge in [-0.15, -0.1) is 0 Å². The van der Waals surface area contributed by atoms with Crippen LogP contribution >= 0.6 is 0 Å². The Labute approximate surface area is 78.2 Å². The summed E-state index contributed by atoms with van der Waals surface area (Å²) in [6.07, 6.45) is 2.70. The molecular formula is C9H17NO3. The molecule has 1 aliphatic rings. The van der Waals surface area contributed by atoms with Crippen LogP contribution in [0, 0.1) is 0 Å². The Morgan fingerprint density at radius 3 is 2.54 bits per heavy atom. The standard InChI is InChI=1S/C9H17NO3/c1-2-3-7-4-5-8(6-11)10(7)9(12)13/h7-8,11H,2-6H2,1H3,(H,12,13)/t7-,8-/m1/s1. The zero-order chi connectivity index (χ0) is 9.84. The van der Waals surface area contributed by atoms with Crippen LogP contribution in [0.4, 0.5) is 4.79 Å². The molecule has 2 N–H and O–H groups in total. The van der Waals surface area contributed by atoms with Gasteiger partial charge in [-0.3, -0.25) is 0 Å². The molecule has 1 fully saturated rings. The number of carbonyl (C=O) groups is 1. The Kier molecular flexibility index (Phi) is 3.54. The molecule has 0 bridgehead atoms. The summed E-state index contributed by atoms with van der Waals surface area (Å²) in [7, 11) is 0.